The maximum Gasteiger partial charge on any atom is 0.488 e. The summed E-state index contributed by atoms with van der Waals surface area (Å²) >= 11 is 3.36. The van der Waals surface area contributed by atoms with E-state index in [1.54, 1.807) is 4.57 Å². The number of anilines is 1. The number of ether oxygens (including phenoxy) is 2. The number of nitrogens with two attached hydrogens (primary N) is 1. The van der Waals surface area contributed by atoms with Gasteiger partial charge in [0.25, 0.3) is 0 Å². The van der Waals surface area contributed by atoms with Crippen LogP contribution in [0.2, 0.25) is 0 Å². The van der Waals surface area contributed by atoms with Gasteiger partial charge >= 0.3 is 21.5 Å². The fourth-order valence-corrected chi connectivity index (χ4v) is 4.93. The second kappa shape index (κ2) is 7.22. The van der Waals surface area contributed by atoms with Crippen LogP contribution in [0.3, 0.4) is 0 Å². The van der Waals surface area contributed by atoms with Crippen LogP contribution >= 0.6 is 23.8 Å². The quantitative estimate of drug-likeness (QED) is 0.289. The Labute approximate surface area is 178 Å². The van der Waals surface area contributed by atoms with Gasteiger partial charge in [-0.25, -0.2) is 34.2 Å². The van der Waals surface area contributed by atoms with E-state index in [1.807, 2.05) is 0 Å². The number of carbonyl (C=O) groups is 1. The third kappa shape index (κ3) is 3.27. The third-order valence-electron chi connectivity index (χ3n) is 4.65. The Morgan fingerprint density at radius 2 is 2.30 bits per heavy atom. The second-order valence-electron chi connectivity index (χ2n) is 6.50. The molecule has 0 saturated carbocycles. The van der Waals surface area contributed by atoms with E-state index in [0.717, 1.165) is 4.57 Å². The van der Waals surface area contributed by atoms with Gasteiger partial charge < -0.3 is 15.2 Å². The highest BCUT2D eigenvalue weighted by Crippen LogP contribution is 2.59. The highest BCUT2D eigenvalue weighted by molar-refractivity contribution is 9.10. The van der Waals surface area contributed by atoms with Crippen molar-refractivity contribution in [1.29, 1.82) is 0 Å². The Kier molecular flexibility index (Phi) is 4.76. The van der Waals surface area contributed by atoms with Gasteiger partial charge in [0.2, 0.25) is 0 Å². The average Bonchev–Trinajstić information content (AvgIpc) is 3.40. The van der Waals surface area contributed by atoms with Crippen LogP contribution in [0, 0.1) is 0 Å². The number of hydrogen-bond donors (Lipinski definition) is 2. The fourth-order valence-electron chi connectivity index (χ4n) is 3.36. The van der Waals surface area contributed by atoms with Gasteiger partial charge in [-0.05, 0) is 15.9 Å². The highest BCUT2D eigenvalue weighted by atomic mass is 79.9. The molecule has 2 aliphatic heterocycles. The van der Waals surface area contributed by atoms with Crippen molar-refractivity contribution < 1.29 is 28.2 Å². The topological polar surface area (TPSA) is 162 Å². The fraction of sp³-hybridized carbons (Fsp3) is 0.357. The Balaban J connectivity index is 1.57. The summed E-state index contributed by atoms with van der Waals surface area (Å²) in [5.74, 6) is 0.170. The molecule has 2 fully saturated rings. The zero-order chi connectivity index (χ0) is 21.0. The molecular formula is C14H13BBrN7O6P+. The number of fused-ring (bicyclic) bond motifs is 2. The minimum absolute atomic E-state index is 0.0531. The Morgan fingerprint density at radius 1 is 1.47 bits per heavy atom. The van der Waals surface area contributed by atoms with E-state index < -0.39 is 38.5 Å². The van der Waals surface area contributed by atoms with E-state index in [4.69, 9.17) is 31.8 Å². The van der Waals surface area contributed by atoms with Crippen LogP contribution in [-0.2, 0) is 18.5 Å². The van der Waals surface area contributed by atoms with Gasteiger partial charge in [-0.2, -0.15) is 9.05 Å². The molecule has 5 rings (SSSR count). The van der Waals surface area contributed by atoms with Crippen LogP contribution in [0.25, 0.3) is 11.2 Å². The van der Waals surface area contributed by atoms with Crippen LogP contribution in [0.5, 0.6) is 0 Å². The van der Waals surface area contributed by atoms with Crippen molar-refractivity contribution in [3.63, 3.8) is 0 Å². The van der Waals surface area contributed by atoms with Gasteiger partial charge in [0, 0.05) is 12.4 Å². The number of nitrogen functional groups attached to an aromatic ring is 1. The first-order valence-corrected chi connectivity index (χ1v) is 11.0. The molecule has 5 atom stereocenters. The normalized spacial score (nSPS) is 31.0. The molecule has 0 aromatic carbocycles. The van der Waals surface area contributed by atoms with Crippen LogP contribution in [0.4, 0.5) is 10.6 Å². The Bertz CT molecular complexity index is 1110. The van der Waals surface area contributed by atoms with Crippen LogP contribution in [0.15, 0.2) is 29.8 Å². The van der Waals surface area contributed by atoms with E-state index in [9.17, 15) is 9.69 Å². The first-order valence-electron chi connectivity index (χ1n) is 8.55. The number of nitrogens with zero attached hydrogens (tertiary/aromatic N) is 6. The van der Waals surface area contributed by atoms with E-state index >= 15 is 0 Å². The van der Waals surface area contributed by atoms with Crippen LogP contribution in [0.1, 0.15) is 6.23 Å². The maximum absolute atomic E-state index is 12.6. The number of aromatic nitrogens is 6. The zero-order valence-corrected chi connectivity index (χ0v) is 17.5. The molecule has 3 aromatic rings. The average molecular weight is 497 g/mol. The van der Waals surface area contributed by atoms with Crippen molar-refractivity contribution in [2.75, 3.05) is 12.3 Å². The highest BCUT2D eigenvalue weighted by Gasteiger charge is 2.59. The van der Waals surface area contributed by atoms with Crippen molar-refractivity contribution in [3.05, 3.63) is 29.8 Å². The Hall–Kier alpha value is -2.16. The summed E-state index contributed by atoms with van der Waals surface area (Å²) in [7, 11) is 2.08. The zero-order valence-electron chi connectivity index (χ0n) is 15.0. The predicted octanol–water partition coefficient (Wildman–Crippen LogP) is 0.572. The molecule has 0 bridgehead atoms. The van der Waals surface area contributed by atoms with E-state index in [1.165, 1.54) is 25.0 Å². The molecule has 13 nitrogen and oxygen atoms in total. The summed E-state index contributed by atoms with van der Waals surface area (Å²) in [6.07, 6.45) is 1.15. The lowest BCUT2D eigenvalue weighted by molar-refractivity contribution is -0.0613. The summed E-state index contributed by atoms with van der Waals surface area (Å²) in [5.41, 5.74) is 6.58. The summed E-state index contributed by atoms with van der Waals surface area (Å²) in [6, 6.07) is 0. The number of rotatable bonds is 2. The van der Waals surface area contributed by atoms with E-state index in [2.05, 4.69) is 35.9 Å². The van der Waals surface area contributed by atoms with Crippen molar-refractivity contribution in [3.8, 4) is 0 Å². The SMILES string of the molecule is [B][P+]1(O)OC[C@H]2O[C@@H](n3c(Br)nc4c(N)ncnc43)[C@H](OC(=O)n3ccnc3)[C@@H]2O1. The van der Waals surface area contributed by atoms with Gasteiger partial charge in [-0.1, -0.05) is 0 Å². The molecule has 2 aliphatic rings. The van der Waals surface area contributed by atoms with Crippen LogP contribution in [-0.4, -0.2) is 72.5 Å². The number of halogens is 1. The predicted molar refractivity (Wildman–Crippen MR) is 105 cm³/mol. The summed E-state index contributed by atoms with van der Waals surface area (Å²) in [4.78, 5) is 39.0. The van der Waals surface area contributed by atoms with Crippen LogP contribution < -0.4 is 5.73 Å². The number of hydrogen-bond acceptors (Lipinski definition) is 11. The van der Waals surface area contributed by atoms with Gasteiger partial charge in [-0.15, -0.1) is 0 Å². The van der Waals surface area contributed by atoms with Crippen molar-refractivity contribution in [2.24, 2.45) is 0 Å². The molecule has 154 valence electrons. The van der Waals surface area contributed by atoms with Gasteiger partial charge in [0.05, 0.1) is 0 Å². The molecule has 30 heavy (non-hydrogen) atoms. The molecule has 0 amide bonds. The Morgan fingerprint density at radius 3 is 3.07 bits per heavy atom. The third-order valence-corrected chi connectivity index (χ3v) is 6.27. The summed E-state index contributed by atoms with van der Waals surface area (Å²) in [6.45, 7) is -0.0531. The lowest BCUT2D eigenvalue weighted by atomic mass is 10.1. The monoisotopic (exact) mass is 496 g/mol. The smallest absolute Gasteiger partial charge is 0.438 e. The van der Waals surface area contributed by atoms with Crippen molar-refractivity contribution >= 4 is 54.4 Å². The molecule has 1 unspecified atom stereocenters. The largest absolute Gasteiger partial charge is 0.488 e. The first-order chi connectivity index (χ1) is 14.3. The summed E-state index contributed by atoms with van der Waals surface area (Å²) in [5, 5.41) is 0. The van der Waals surface area contributed by atoms with Crippen molar-refractivity contribution in [2.45, 2.75) is 24.5 Å². The molecule has 16 heteroatoms. The molecule has 0 aliphatic carbocycles. The second-order valence-corrected chi connectivity index (χ2v) is 8.80. The standard InChI is InChI=1S/C14H13BBrN7O6P/c15-30(25)26-3-6-8(29-30)9(28-14(24)22-2-1-18-5-22)12(27-6)23-11-7(21-13(23)16)10(17)19-4-20-11/h1-2,4-6,8-9,12,25H,3H2,(H2,17,19,20)/q+1/t6-,8-,9-,12-,30?/m1/s1. The molecule has 2 saturated heterocycles. The number of imidazole rings is 2. The van der Waals surface area contributed by atoms with Gasteiger partial charge in [-0.3, -0.25) is 4.57 Å². The first kappa shape index (κ1) is 19.8. The molecule has 3 N–H and O–H groups in total. The lowest BCUT2D eigenvalue weighted by Gasteiger charge is -2.29. The van der Waals surface area contributed by atoms with E-state index in [0.29, 0.717) is 15.9 Å². The number of carbonyl (C=O) groups excluding carboxylic acids is 1. The maximum atomic E-state index is 12.6. The minimum Gasteiger partial charge on any atom is -0.438 e. The molecular weight excluding hydrogens is 484 g/mol. The summed E-state index contributed by atoms with van der Waals surface area (Å²) < 4.78 is 25.4. The minimum atomic E-state index is -3.59. The molecule has 3 aromatic heterocycles. The van der Waals surface area contributed by atoms with E-state index in [-0.39, 0.29) is 12.4 Å². The van der Waals surface area contributed by atoms with Gasteiger partial charge in [0.1, 0.15) is 25.4 Å². The van der Waals surface area contributed by atoms with Gasteiger partial charge in [0.15, 0.2) is 40.2 Å². The molecule has 5 heterocycles. The lowest BCUT2D eigenvalue weighted by Crippen LogP contribution is -2.43. The van der Waals surface area contributed by atoms with Crippen molar-refractivity contribution in [1.82, 2.24) is 29.1 Å². The molecule has 0 spiro atoms. The molecule has 2 radical (unpaired) electrons.